The maximum Gasteiger partial charge on any atom is 0.328 e. The van der Waals surface area contributed by atoms with Crippen LogP contribution in [0.2, 0.25) is 0 Å². The van der Waals surface area contributed by atoms with Crippen LogP contribution in [0.25, 0.3) is 0 Å². The van der Waals surface area contributed by atoms with Crippen LogP contribution < -0.4 is 16.4 Å². The molecule has 1 aromatic rings. The number of carbonyl (C=O) groups is 5. The molecular weight excluding hydrogens is 680 g/mol. The van der Waals surface area contributed by atoms with Crippen LogP contribution in [0, 0.1) is 17.8 Å². The van der Waals surface area contributed by atoms with Crippen molar-refractivity contribution in [2.24, 2.45) is 23.5 Å². The van der Waals surface area contributed by atoms with Crippen LogP contribution in [-0.4, -0.2) is 142 Å². The molecule has 1 aliphatic rings. The largest absolute Gasteiger partial charge is 0.467 e. The summed E-state index contributed by atoms with van der Waals surface area (Å²) in [5.74, 6) is -2.54. The summed E-state index contributed by atoms with van der Waals surface area (Å²) in [7, 11) is 9.62. The van der Waals surface area contributed by atoms with Crippen molar-refractivity contribution in [2.75, 3.05) is 55.6 Å². The minimum Gasteiger partial charge on any atom is -0.467 e. The molecule has 1 heterocycles. The van der Waals surface area contributed by atoms with Gasteiger partial charge in [-0.05, 0) is 44.3 Å². The number of nitrogens with two attached hydrogens (primary N) is 1. The Morgan fingerprint density at radius 2 is 1.55 bits per heavy atom. The van der Waals surface area contributed by atoms with Crippen LogP contribution in [0.15, 0.2) is 30.3 Å². The lowest BCUT2D eigenvalue weighted by Crippen LogP contribution is -2.60. The predicted octanol–water partition coefficient (Wildman–Crippen LogP) is 1.84. The minimum absolute atomic E-state index is 0.00825. The van der Waals surface area contributed by atoms with Crippen molar-refractivity contribution in [3.8, 4) is 0 Å². The van der Waals surface area contributed by atoms with Gasteiger partial charge in [-0.25, -0.2) is 4.79 Å². The number of likely N-dealkylation sites (N-methyl/N-ethyl adjacent to an activating group) is 2. The molecule has 4 N–H and O–H groups in total. The van der Waals surface area contributed by atoms with Gasteiger partial charge in [0.2, 0.25) is 23.6 Å². The molecule has 1 fully saturated rings. The molecule has 0 aromatic heterocycles. The number of nitrogens with one attached hydrogen (secondary N) is 2. The molecule has 300 valence electrons. The van der Waals surface area contributed by atoms with E-state index in [0.29, 0.717) is 19.4 Å². The maximum atomic E-state index is 14.1. The van der Waals surface area contributed by atoms with Crippen LogP contribution >= 0.6 is 0 Å². The molecule has 0 aliphatic carbocycles. The maximum absolute atomic E-state index is 14.1. The van der Waals surface area contributed by atoms with Gasteiger partial charge in [-0.3, -0.25) is 24.1 Å². The smallest absolute Gasteiger partial charge is 0.328 e. The number of carbonyl (C=O) groups excluding carboxylic acids is 5. The highest BCUT2D eigenvalue weighted by atomic mass is 16.5. The molecule has 0 radical (unpaired) electrons. The fourth-order valence-electron chi connectivity index (χ4n) is 7.65. The second-order valence-electron chi connectivity index (χ2n) is 14.8. The Morgan fingerprint density at radius 3 is 2.06 bits per heavy atom. The van der Waals surface area contributed by atoms with Crippen molar-refractivity contribution in [1.29, 1.82) is 0 Å². The first-order valence-corrected chi connectivity index (χ1v) is 18.8. The van der Waals surface area contributed by atoms with Gasteiger partial charge in [-0.15, -0.1) is 0 Å². The van der Waals surface area contributed by atoms with Crippen LogP contribution in [0.4, 0.5) is 0 Å². The normalized spacial score (nSPS) is 19.1. The van der Waals surface area contributed by atoms with E-state index in [1.807, 2.05) is 77.0 Å². The number of hydrogen-bond acceptors (Lipinski definition) is 10. The molecule has 1 saturated heterocycles. The van der Waals surface area contributed by atoms with Gasteiger partial charge >= 0.3 is 5.97 Å². The fourth-order valence-corrected chi connectivity index (χ4v) is 7.65. The highest BCUT2D eigenvalue weighted by molar-refractivity contribution is 5.90. The fraction of sp³-hybridized carbons (Fsp3) is 0.718. The van der Waals surface area contributed by atoms with E-state index >= 15 is 0 Å². The molecular formula is C39H66N6O8. The molecule has 14 heteroatoms. The van der Waals surface area contributed by atoms with Crippen molar-refractivity contribution < 1.29 is 38.2 Å². The summed E-state index contributed by atoms with van der Waals surface area (Å²) >= 11 is 0. The zero-order valence-electron chi connectivity index (χ0n) is 33.8. The average Bonchev–Trinajstić information content (AvgIpc) is 3.62. The van der Waals surface area contributed by atoms with Gasteiger partial charge in [0, 0.05) is 40.8 Å². The molecule has 4 amide bonds. The molecule has 1 aromatic carbocycles. The highest BCUT2D eigenvalue weighted by Crippen LogP contribution is 2.29. The third-order valence-electron chi connectivity index (χ3n) is 10.7. The summed E-state index contributed by atoms with van der Waals surface area (Å²) in [6.07, 6.45) is 0.958. The number of nitrogens with zero attached hydrogens (tertiary/aromatic N) is 3. The van der Waals surface area contributed by atoms with E-state index in [9.17, 15) is 24.0 Å². The number of rotatable bonds is 21. The number of likely N-dealkylation sites (tertiary alicyclic amines) is 1. The summed E-state index contributed by atoms with van der Waals surface area (Å²) in [6, 6.07) is 6.14. The number of benzene rings is 1. The van der Waals surface area contributed by atoms with Crippen molar-refractivity contribution in [3.05, 3.63) is 35.9 Å². The first-order chi connectivity index (χ1) is 25.1. The number of ether oxygens (including phenoxy) is 3. The molecule has 14 nitrogen and oxygen atoms in total. The highest BCUT2D eigenvalue weighted by Gasteiger charge is 2.43. The van der Waals surface area contributed by atoms with Crippen LogP contribution in [0.5, 0.6) is 0 Å². The van der Waals surface area contributed by atoms with Crippen molar-refractivity contribution in [3.63, 3.8) is 0 Å². The quantitative estimate of drug-likeness (QED) is 0.158. The molecule has 4 unspecified atom stereocenters. The minimum atomic E-state index is -0.960. The van der Waals surface area contributed by atoms with E-state index < -0.39 is 54.3 Å². The molecule has 2 rings (SSSR count). The van der Waals surface area contributed by atoms with E-state index in [-0.39, 0.29) is 54.9 Å². The van der Waals surface area contributed by atoms with Gasteiger partial charge in [0.05, 0.1) is 49.8 Å². The van der Waals surface area contributed by atoms with Crippen molar-refractivity contribution in [1.82, 2.24) is 25.3 Å². The Balaban J connectivity index is 2.25. The molecule has 1 aliphatic heterocycles. The van der Waals surface area contributed by atoms with Crippen LogP contribution in [-0.2, 0) is 44.6 Å². The topological polar surface area (TPSA) is 173 Å². The zero-order valence-corrected chi connectivity index (χ0v) is 33.8. The van der Waals surface area contributed by atoms with Crippen LogP contribution in [0.1, 0.15) is 65.9 Å². The lowest BCUT2D eigenvalue weighted by Gasteiger charge is -2.40. The molecule has 53 heavy (non-hydrogen) atoms. The number of amides is 4. The first kappa shape index (κ1) is 45.6. The lowest BCUT2D eigenvalue weighted by atomic mass is 9.90. The van der Waals surface area contributed by atoms with Crippen molar-refractivity contribution in [2.45, 2.75) is 109 Å². The summed E-state index contributed by atoms with van der Waals surface area (Å²) in [5.41, 5.74) is 6.92. The summed E-state index contributed by atoms with van der Waals surface area (Å²) in [5, 5.41) is 5.70. The van der Waals surface area contributed by atoms with Gasteiger partial charge in [0.1, 0.15) is 12.1 Å². The third-order valence-corrected chi connectivity index (χ3v) is 10.7. The van der Waals surface area contributed by atoms with Crippen molar-refractivity contribution >= 4 is 29.6 Å². The third kappa shape index (κ3) is 12.2. The Morgan fingerprint density at radius 1 is 0.925 bits per heavy atom. The van der Waals surface area contributed by atoms with Gasteiger partial charge in [-0.1, -0.05) is 71.4 Å². The van der Waals surface area contributed by atoms with Gasteiger partial charge in [0.15, 0.2) is 0 Å². The zero-order chi connectivity index (χ0) is 40.0. The standard InChI is InChI=1S/C39H66N6O8/c1-12-25(4)34(44(8)38(49)29(23-40)42-37(48)33(24(2)3)43(6)7)31(51-9)22-32(46)45-20-16-19-30(45)35(52-10)26(5)36(47)41-28(39(50)53-11)21-27-17-14-13-15-18-27/h13-15,17-18,24-26,28-31,33-35H,12,16,19-23,40H2,1-11H3,(H,41,47)(H,42,48)/t25-,26+,28?,29?,30?,31+,33?,34-,35+/m0/s1. The van der Waals surface area contributed by atoms with E-state index in [1.165, 1.54) is 21.3 Å². The molecule has 0 saturated carbocycles. The Labute approximate surface area is 316 Å². The summed E-state index contributed by atoms with van der Waals surface area (Å²) in [4.78, 5) is 72.7. The van der Waals surface area contributed by atoms with Gasteiger partial charge in [-0.2, -0.15) is 0 Å². The van der Waals surface area contributed by atoms with E-state index in [0.717, 1.165) is 12.0 Å². The Hall–Kier alpha value is -3.59. The summed E-state index contributed by atoms with van der Waals surface area (Å²) < 4.78 is 16.8. The van der Waals surface area contributed by atoms with E-state index in [2.05, 4.69) is 10.6 Å². The lowest BCUT2D eigenvalue weighted by molar-refractivity contribution is -0.148. The first-order valence-electron chi connectivity index (χ1n) is 18.8. The Bertz CT molecular complexity index is 1320. The molecule has 0 spiro atoms. The van der Waals surface area contributed by atoms with Crippen LogP contribution in [0.3, 0.4) is 0 Å². The number of methoxy groups -OCH3 is 3. The average molecular weight is 747 g/mol. The molecule has 9 atom stereocenters. The molecule has 0 bridgehead atoms. The Kier molecular flexibility index (Phi) is 18.9. The SMILES string of the molecule is CC[C@H](C)[C@@H]([C@@H](CC(=O)N1CCCC1[C@H](OC)[C@@H](C)C(=O)NC(Cc1ccccc1)C(=O)OC)OC)N(C)C(=O)C(CN)NC(=O)C(C(C)C)N(C)C. The van der Waals surface area contributed by atoms with Gasteiger partial charge < -0.3 is 40.4 Å². The van der Waals surface area contributed by atoms with E-state index in [1.54, 1.807) is 23.8 Å². The second-order valence-corrected chi connectivity index (χ2v) is 14.8. The predicted molar refractivity (Wildman–Crippen MR) is 204 cm³/mol. The van der Waals surface area contributed by atoms with Gasteiger partial charge in [0.25, 0.3) is 0 Å². The number of hydrogen-bond donors (Lipinski definition) is 3. The number of esters is 1. The summed E-state index contributed by atoms with van der Waals surface area (Å²) in [6.45, 7) is 10.0. The monoisotopic (exact) mass is 746 g/mol. The second kappa shape index (κ2) is 21.9. The van der Waals surface area contributed by atoms with E-state index in [4.69, 9.17) is 19.9 Å².